The largest absolute Gasteiger partial charge is 0.455 e. The molecule has 32 heavy (non-hydrogen) atoms. The van der Waals surface area contributed by atoms with Gasteiger partial charge in [-0.1, -0.05) is 20.8 Å². The van der Waals surface area contributed by atoms with Gasteiger partial charge in [0.05, 0.1) is 37.6 Å². The molecule has 11 heteroatoms. The zero-order chi connectivity index (χ0) is 23.8. The normalized spacial score (nSPS) is 18.9. The second-order valence-corrected chi connectivity index (χ2v) is 14.4. The molecule has 3 rings (SSSR count). The topological polar surface area (TPSA) is 83.5 Å². The lowest BCUT2D eigenvalue weighted by molar-refractivity contribution is -0.119. The average molecular weight is 469 g/mol. The van der Waals surface area contributed by atoms with E-state index in [9.17, 15) is 18.4 Å². The molecule has 0 unspecified atom stereocenters. The molecule has 0 aliphatic carbocycles. The van der Waals surface area contributed by atoms with Crippen LogP contribution in [0.4, 0.5) is 25.0 Å². The lowest BCUT2D eigenvalue weighted by atomic mass is 10.1. The number of ether oxygens (including phenoxy) is 1. The fourth-order valence-electron chi connectivity index (χ4n) is 3.03. The van der Waals surface area contributed by atoms with Gasteiger partial charge in [-0.3, -0.25) is 9.69 Å². The Hall–Kier alpha value is -2.69. The molecule has 8 nitrogen and oxygen atoms in total. The Bertz CT molecular complexity index is 917. The fourth-order valence-corrected chi connectivity index (χ4v) is 3.66. The molecule has 0 bridgehead atoms. The molecular formula is C21H30F2N4O4Si. The van der Waals surface area contributed by atoms with Crippen LogP contribution in [0, 0.1) is 11.6 Å². The Balaban J connectivity index is 1.66. The first-order chi connectivity index (χ1) is 14.8. The first-order valence-electron chi connectivity index (χ1n) is 10.5. The van der Waals surface area contributed by atoms with Crippen LogP contribution in [0.3, 0.4) is 0 Å². The second-order valence-electron chi connectivity index (χ2n) is 9.68. The van der Waals surface area contributed by atoms with Crippen molar-refractivity contribution >= 4 is 37.4 Å². The first-order valence-corrected chi connectivity index (χ1v) is 13.4. The van der Waals surface area contributed by atoms with E-state index in [1.54, 1.807) is 0 Å². The van der Waals surface area contributed by atoms with E-state index < -0.39 is 32.1 Å². The molecule has 1 N–H and O–H groups in total. The highest BCUT2D eigenvalue weighted by Gasteiger charge is 2.40. The van der Waals surface area contributed by atoms with Crippen molar-refractivity contribution < 1.29 is 27.6 Å². The van der Waals surface area contributed by atoms with Gasteiger partial charge in [-0.2, -0.15) is 0 Å². The van der Waals surface area contributed by atoms with E-state index in [0.717, 1.165) is 22.7 Å². The smallest absolute Gasteiger partial charge is 0.414 e. The molecular weight excluding hydrogens is 438 g/mol. The van der Waals surface area contributed by atoms with Crippen molar-refractivity contribution in [3.63, 3.8) is 0 Å². The SMILES string of the molecule is CC(=O)NC[C@H]1CN(c2cc(F)c(N3CC(=NO[Si](C)(C)C(C)(C)C)C3)c(F)c2)C(=O)O1. The minimum Gasteiger partial charge on any atom is -0.455 e. The highest BCUT2D eigenvalue weighted by Crippen LogP contribution is 2.37. The summed E-state index contributed by atoms with van der Waals surface area (Å²) in [6.07, 6.45) is -1.31. The molecule has 2 amide bonds. The van der Waals surface area contributed by atoms with E-state index >= 15 is 0 Å². The Kier molecular flexibility index (Phi) is 6.50. The van der Waals surface area contributed by atoms with Crippen LogP contribution < -0.4 is 15.1 Å². The summed E-state index contributed by atoms with van der Waals surface area (Å²) in [6, 6.07) is 2.23. The zero-order valence-electron chi connectivity index (χ0n) is 19.3. The number of nitrogens with zero attached hydrogens (tertiary/aromatic N) is 3. The quantitative estimate of drug-likeness (QED) is 0.509. The number of oxime groups is 1. The van der Waals surface area contributed by atoms with Crippen LogP contribution in [0.2, 0.25) is 18.1 Å². The van der Waals surface area contributed by atoms with Gasteiger partial charge >= 0.3 is 6.09 Å². The van der Waals surface area contributed by atoms with Crippen molar-refractivity contribution in [1.82, 2.24) is 5.32 Å². The van der Waals surface area contributed by atoms with Crippen LogP contribution in [0.1, 0.15) is 27.7 Å². The zero-order valence-corrected chi connectivity index (χ0v) is 20.3. The van der Waals surface area contributed by atoms with E-state index in [-0.39, 0.29) is 48.5 Å². The van der Waals surface area contributed by atoms with E-state index in [2.05, 4.69) is 44.3 Å². The summed E-state index contributed by atoms with van der Waals surface area (Å²) < 4.78 is 40.5. The summed E-state index contributed by atoms with van der Waals surface area (Å²) in [5.41, 5.74) is 0.624. The fraction of sp³-hybridized carbons (Fsp3) is 0.571. The summed E-state index contributed by atoms with van der Waals surface area (Å²) in [4.78, 5) is 25.8. The predicted octanol–water partition coefficient (Wildman–Crippen LogP) is 3.62. The van der Waals surface area contributed by atoms with Crippen LogP contribution in [0.5, 0.6) is 0 Å². The maximum atomic E-state index is 14.8. The van der Waals surface area contributed by atoms with Crippen LogP contribution >= 0.6 is 0 Å². The summed E-state index contributed by atoms with van der Waals surface area (Å²) >= 11 is 0. The van der Waals surface area contributed by atoms with Gasteiger partial charge in [-0.25, -0.2) is 13.6 Å². The third-order valence-corrected chi connectivity index (χ3v) is 10.2. The molecule has 176 valence electrons. The average Bonchev–Trinajstić information content (AvgIpc) is 3.00. The van der Waals surface area contributed by atoms with Gasteiger partial charge in [0.25, 0.3) is 8.32 Å². The number of hydrogen-bond donors (Lipinski definition) is 1. The number of anilines is 2. The number of rotatable bonds is 6. The summed E-state index contributed by atoms with van der Waals surface area (Å²) in [5, 5.41) is 6.79. The number of halogens is 2. The van der Waals surface area contributed by atoms with Crippen LogP contribution in [0.15, 0.2) is 17.3 Å². The van der Waals surface area contributed by atoms with Crippen molar-refractivity contribution in [2.75, 3.05) is 36.0 Å². The summed E-state index contributed by atoms with van der Waals surface area (Å²) in [6.45, 7) is 12.6. The molecule has 2 heterocycles. The highest BCUT2D eigenvalue weighted by atomic mass is 28.4. The predicted molar refractivity (Wildman–Crippen MR) is 121 cm³/mol. The number of carbonyl (C=O) groups is 2. The highest BCUT2D eigenvalue weighted by molar-refractivity contribution is 6.74. The van der Waals surface area contributed by atoms with Crippen LogP contribution in [-0.2, 0) is 14.1 Å². The van der Waals surface area contributed by atoms with Gasteiger partial charge in [0.15, 0.2) is 11.6 Å². The third-order valence-electron chi connectivity index (χ3n) is 6.04. The molecule has 0 spiro atoms. The van der Waals surface area contributed by atoms with Gasteiger partial charge < -0.3 is 19.5 Å². The minimum atomic E-state index is -2.05. The lowest BCUT2D eigenvalue weighted by Gasteiger charge is -2.37. The van der Waals surface area contributed by atoms with Gasteiger partial charge in [0, 0.05) is 19.1 Å². The van der Waals surface area contributed by atoms with E-state index in [4.69, 9.17) is 9.26 Å². The van der Waals surface area contributed by atoms with E-state index in [0.29, 0.717) is 0 Å². The monoisotopic (exact) mass is 468 g/mol. The van der Waals surface area contributed by atoms with Gasteiger partial charge in [0.2, 0.25) is 5.91 Å². The molecule has 2 saturated heterocycles. The molecule has 1 aromatic rings. The van der Waals surface area contributed by atoms with E-state index in [1.165, 1.54) is 11.8 Å². The maximum Gasteiger partial charge on any atom is 0.414 e. The second kappa shape index (κ2) is 8.68. The molecule has 1 atom stereocenters. The van der Waals surface area contributed by atoms with Crippen molar-refractivity contribution in [1.29, 1.82) is 0 Å². The molecule has 1 aromatic carbocycles. The Morgan fingerprint density at radius 3 is 2.41 bits per heavy atom. The lowest BCUT2D eigenvalue weighted by Crippen LogP contribution is -2.49. The van der Waals surface area contributed by atoms with E-state index in [1.807, 2.05) is 0 Å². The molecule has 0 aromatic heterocycles. The number of cyclic esters (lactones) is 1. The Labute approximate surface area is 187 Å². The van der Waals surface area contributed by atoms with Crippen molar-refractivity contribution in [3.05, 3.63) is 23.8 Å². The number of nitrogens with one attached hydrogen (secondary N) is 1. The molecule has 2 aliphatic rings. The van der Waals surface area contributed by atoms with Crippen LogP contribution in [-0.4, -0.2) is 58.3 Å². The van der Waals surface area contributed by atoms with Crippen molar-refractivity contribution in [2.24, 2.45) is 5.16 Å². The first kappa shape index (κ1) is 24.0. The molecule has 2 fully saturated rings. The van der Waals surface area contributed by atoms with Gasteiger partial charge in [-0.15, -0.1) is 5.16 Å². The molecule has 2 aliphatic heterocycles. The Morgan fingerprint density at radius 2 is 1.88 bits per heavy atom. The molecule has 0 saturated carbocycles. The van der Waals surface area contributed by atoms with Crippen molar-refractivity contribution in [3.8, 4) is 0 Å². The summed E-state index contributed by atoms with van der Waals surface area (Å²) in [5.74, 6) is -1.81. The number of benzene rings is 1. The standard InChI is InChI=1S/C21H30F2N4O4Si/c1-13(28)24-9-16-12-27(20(29)30-16)15-7-17(22)19(18(23)8-15)26-10-14(11-26)25-31-32(5,6)21(2,3)4/h7-8,16H,9-12H2,1-6H3,(H,24,28)/t16-/m0/s1. The number of carbonyl (C=O) groups excluding carboxylic acids is 2. The number of hydrogen-bond acceptors (Lipinski definition) is 6. The Morgan fingerprint density at radius 1 is 1.28 bits per heavy atom. The summed E-state index contributed by atoms with van der Waals surface area (Å²) in [7, 11) is -2.05. The maximum absolute atomic E-state index is 14.8. The van der Waals surface area contributed by atoms with Gasteiger partial charge in [0.1, 0.15) is 11.8 Å². The van der Waals surface area contributed by atoms with Crippen molar-refractivity contribution in [2.45, 2.75) is 51.9 Å². The van der Waals surface area contributed by atoms with Gasteiger partial charge in [-0.05, 0) is 18.1 Å². The molecule has 0 radical (unpaired) electrons. The minimum absolute atomic E-state index is 0.00635. The van der Waals surface area contributed by atoms with Crippen LogP contribution in [0.25, 0.3) is 0 Å². The number of amides is 2. The third kappa shape index (κ3) is 5.03.